The number of hydrogen-bond acceptors (Lipinski definition) is 3. The van der Waals surface area contributed by atoms with E-state index in [4.69, 9.17) is 16.3 Å². The second-order valence-corrected chi connectivity index (χ2v) is 7.57. The Balaban J connectivity index is 1.91. The monoisotopic (exact) mass is 387 g/mol. The summed E-state index contributed by atoms with van der Waals surface area (Å²) in [4.78, 5) is 13.1. The molecule has 0 saturated carbocycles. The van der Waals surface area contributed by atoms with Crippen LogP contribution in [0.25, 0.3) is 0 Å². The third kappa shape index (κ3) is 4.73. The van der Waals surface area contributed by atoms with E-state index in [0.29, 0.717) is 17.3 Å². The van der Waals surface area contributed by atoms with Crippen molar-refractivity contribution in [2.75, 3.05) is 0 Å². The molecule has 0 bridgehead atoms. The van der Waals surface area contributed by atoms with Crippen molar-refractivity contribution in [1.29, 1.82) is 0 Å². The Morgan fingerprint density at radius 1 is 1.43 bits per heavy atom. The maximum atomic E-state index is 12.0. The Morgan fingerprint density at radius 2 is 2.19 bits per heavy atom. The first-order valence-corrected chi connectivity index (χ1v) is 8.39. The molecule has 1 atom stereocenters. The normalized spacial score (nSPS) is 12.0. The van der Waals surface area contributed by atoms with Crippen molar-refractivity contribution in [1.82, 2.24) is 5.32 Å². The maximum Gasteiger partial charge on any atom is 0.261 e. The van der Waals surface area contributed by atoms with E-state index in [0.717, 1.165) is 14.2 Å². The first-order valence-electron chi connectivity index (χ1n) is 6.40. The molecule has 1 unspecified atom stereocenters. The number of amides is 1. The Labute approximate surface area is 141 Å². The minimum absolute atomic E-state index is 0.169. The molecular formula is C15H15BrClNO2S. The van der Waals surface area contributed by atoms with E-state index >= 15 is 0 Å². The number of nitrogens with one attached hydrogen (secondary N) is 1. The quantitative estimate of drug-likeness (QED) is 0.815. The maximum absolute atomic E-state index is 12.0. The van der Waals surface area contributed by atoms with Gasteiger partial charge in [-0.1, -0.05) is 17.7 Å². The molecule has 1 N–H and O–H groups in total. The van der Waals surface area contributed by atoms with Crippen LogP contribution in [-0.2, 0) is 11.3 Å². The average molecular weight is 389 g/mol. The van der Waals surface area contributed by atoms with Gasteiger partial charge in [-0.25, -0.2) is 0 Å². The highest BCUT2D eigenvalue weighted by Gasteiger charge is 2.16. The molecule has 1 amide bonds. The van der Waals surface area contributed by atoms with Gasteiger partial charge in [0.05, 0.1) is 15.4 Å². The van der Waals surface area contributed by atoms with Crippen LogP contribution in [0.5, 0.6) is 5.75 Å². The molecule has 0 fully saturated rings. The summed E-state index contributed by atoms with van der Waals surface area (Å²) in [6.45, 7) is 4.14. The summed E-state index contributed by atoms with van der Waals surface area (Å²) in [6, 6.07) is 9.41. The molecule has 1 aromatic carbocycles. The molecule has 2 aromatic rings. The molecule has 0 saturated heterocycles. The van der Waals surface area contributed by atoms with Crippen molar-refractivity contribution in [3.8, 4) is 5.75 Å². The largest absolute Gasteiger partial charge is 0.479 e. The van der Waals surface area contributed by atoms with Crippen LogP contribution in [0, 0.1) is 6.92 Å². The third-order valence-electron chi connectivity index (χ3n) is 2.83. The Bertz CT molecular complexity index is 644. The summed E-state index contributed by atoms with van der Waals surface area (Å²) in [7, 11) is 0. The Kier molecular flexibility index (Phi) is 5.67. The lowest BCUT2D eigenvalue weighted by Gasteiger charge is -2.15. The van der Waals surface area contributed by atoms with E-state index in [-0.39, 0.29) is 5.91 Å². The molecule has 1 aromatic heterocycles. The topological polar surface area (TPSA) is 38.3 Å². The van der Waals surface area contributed by atoms with Crippen molar-refractivity contribution in [3.05, 3.63) is 49.6 Å². The smallest absolute Gasteiger partial charge is 0.261 e. The standard InChI is InChI=1S/C15H15BrClNO2S/c1-9-3-5-12(17)13(7-9)20-10(2)15(19)18-8-11-4-6-14(16)21-11/h3-7,10H,8H2,1-2H3,(H,18,19). The lowest BCUT2D eigenvalue weighted by molar-refractivity contribution is -0.127. The summed E-state index contributed by atoms with van der Waals surface area (Å²) in [5, 5.41) is 3.35. The van der Waals surface area contributed by atoms with E-state index in [1.54, 1.807) is 24.3 Å². The van der Waals surface area contributed by atoms with Gasteiger partial charge in [0.15, 0.2) is 6.10 Å². The van der Waals surface area contributed by atoms with E-state index in [2.05, 4.69) is 21.2 Å². The van der Waals surface area contributed by atoms with Gasteiger partial charge >= 0.3 is 0 Å². The van der Waals surface area contributed by atoms with Gasteiger partial charge in [0, 0.05) is 4.88 Å². The number of aryl methyl sites for hydroxylation is 1. The fourth-order valence-corrected chi connectivity index (χ4v) is 3.29. The predicted octanol–water partition coefficient (Wildman–Crippen LogP) is 4.56. The van der Waals surface area contributed by atoms with E-state index in [9.17, 15) is 4.79 Å². The zero-order chi connectivity index (χ0) is 15.4. The molecule has 3 nitrogen and oxygen atoms in total. The van der Waals surface area contributed by atoms with Crippen LogP contribution < -0.4 is 10.1 Å². The highest BCUT2D eigenvalue weighted by atomic mass is 79.9. The first kappa shape index (κ1) is 16.3. The average Bonchev–Trinajstić information content (AvgIpc) is 2.86. The molecule has 2 rings (SSSR count). The minimum Gasteiger partial charge on any atom is -0.479 e. The van der Waals surface area contributed by atoms with Gasteiger partial charge < -0.3 is 10.1 Å². The number of rotatable bonds is 5. The molecule has 0 radical (unpaired) electrons. The van der Waals surface area contributed by atoms with Crippen LogP contribution in [0.3, 0.4) is 0 Å². The first-order chi connectivity index (χ1) is 9.95. The molecule has 21 heavy (non-hydrogen) atoms. The van der Waals surface area contributed by atoms with Crippen molar-refractivity contribution in [2.45, 2.75) is 26.5 Å². The van der Waals surface area contributed by atoms with Gasteiger partial charge in [-0.15, -0.1) is 11.3 Å². The number of halogens is 2. The predicted molar refractivity (Wildman–Crippen MR) is 90.1 cm³/mol. The summed E-state index contributed by atoms with van der Waals surface area (Å²) >= 11 is 11.0. The molecule has 1 heterocycles. The Morgan fingerprint density at radius 3 is 2.86 bits per heavy atom. The summed E-state index contributed by atoms with van der Waals surface area (Å²) in [5.41, 5.74) is 1.03. The lowest BCUT2D eigenvalue weighted by Crippen LogP contribution is -2.35. The zero-order valence-corrected chi connectivity index (χ0v) is 14.8. The minimum atomic E-state index is -0.604. The molecule has 0 aliphatic heterocycles. The van der Waals surface area contributed by atoms with Crippen LogP contribution in [0.4, 0.5) is 0 Å². The van der Waals surface area contributed by atoms with Crippen LogP contribution >= 0.6 is 38.9 Å². The number of thiophene rings is 1. The van der Waals surface area contributed by atoms with Crippen LogP contribution in [0.1, 0.15) is 17.4 Å². The van der Waals surface area contributed by atoms with Gasteiger partial charge in [-0.3, -0.25) is 4.79 Å². The molecule has 0 aliphatic rings. The van der Waals surface area contributed by atoms with E-state index in [1.807, 2.05) is 31.2 Å². The third-order valence-corrected chi connectivity index (χ3v) is 4.76. The van der Waals surface area contributed by atoms with Gasteiger partial charge in [0.25, 0.3) is 5.91 Å². The molecular weight excluding hydrogens is 374 g/mol. The lowest BCUT2D eigenvalue weighted by atomic mass is 10.2. The van der Waals surface area contributed by atoms with Crippen LogP contribution in [-0.4, -0.2) is 12.0 Å². The SMILES string of the molecule is Cc1ccc(Cl)c(OC(C)C(=O)NCc2ccc(Br)s2)c1. The van der Waals surface area contributed by atoms with Crippen molar-refractivity contribution >= 4 is 44.8 Å². The summed E-state index contributed by atoms with van der Waals surface area (Å²) in [6.07, 6.45) is -0.604. The van der Waals surface area contributed by atoms with Crippen molar-refractivity contribution < 1.29 is 9.53 Å². The van der Waals surface area contributed by atoms with Crippen LogP contribution in [0.15, 0.2) is 34.1 Å². The fourth-order valence-electron chi connectivity index (χ4n) is 1.71. The second kappa shape index (κ2) is 7.29. The highest BCUT2D eigenvalue weighted by molar-refractivity contribution is 9.11. The van der Waals surface area contributed by atoms with Gasteiger partial charge in [0.1, 0.15) is 5.75 Å². The van der Waals surface area contributed by atoms with Gasteiger partial charge in [-0.05, 0) is 59.6 Å². The number of carbonyl (C=O) groups is 1. The molecule has 0 spiro atoms. The van der Waals surface area contributed by atoms with Gasteiger partial charge in [-0.2, -0.15) is 0 Å². The van der Waals surface area contributed by atoms with E-state index in [1.165, 1.54) is 0 Å². The second-order valence-electron chi connectivity index (χ2n) is 4.62. The molecule has 6 heteroatoms. The molecule has 0 aliphatic carbocycles. The number of hydrogen-bond donors (Lipinski definition) is 1. The van der Waals surface area contributed by atoms with Gasteiger partial charge in [0.2, 0.25) is 0 Å². The van der Waals surface area contributed by atoms with Crippen LogP contribution in [0.2, 0.25) is 5.02 Å². The summed E-state index contributed by atoms with van der Waals surface area (Å²) in [5.74, 6) is 0.357. The zero-order valence-electron chi connectivity index (χ0n) is 11.7. The van der Waals surface area contributed by atoms with Crippen molar-refractivity contribution in [3.63, 3.8) is 0 Å². The molecule has 112 valence electrons. The summed E-state index contributed by atoms with van der Waals surface area (Å²) < 4.78 is 6.68. The fraction of sp³-hybridized carbons (Fsp3) is 0.267. The van der Waals surface area contributed by atoms with Crippen molar-refractivity contribution in [2.24, 2.45) is 0 Å². The van der Waals surface area contributed by atoms with E-state index < -0.39 is 6.10 Å². The Hall–Kier alpha value is -1.04. The number of ether oxygens (including phenoxy) is 1. The number of carbonyl (C=O) groups excluding carboxylic acids is 1. The highest BCUT2D eigenvalue weighted by Crippen LogP contribution is 2.26. The number of benzene rings is 1.